The molecular weight excluding hydrogens is 825 g/mol. The third-order valence-corrected chi connectivity index (χ3v) is 11.4. The van der Waals surface area contributed by atoms with E-state index in [-0.39, 0.29) is 46.2 Å². The minimum atomic E-state index is -1.41. The van der Waals surface area contributed by atoms with Gasteiger partial charge in [0.1, 0.15) is 48.8 Å². The maximum Gasteiger partial charge on any atom is 0.187 e. The SMILES string of the molecule is O[C@@H]1[C@H](OCc2ccccc2)[C@H](O[C@H]2[C@H](OCc3ccccc3)[C@H](OCc3ccccc3)[C@H](O)O[C@H]2COCc2ccccc2)O[C@@H](COCc2ccccc2)[C@@H]1OCc1ccccc1. The van der Waals surface area contributed by atoms with Crippen LogP contribution in [0.5, 0.6) is 0 Å². The molecule has 2 fully saturated rings. The van der Waals surface area contributed by atoms with Gasteiger partial charge in [0.05, 0.1) is 52.9 Å². The van der Waals surface area contributed by atoms with E-state index in [0.717, 1.165) is 33.4 Å². The summed E-state index contributed by atoms with van der Waals surface area (Å²) in [4.78, 5) is 0. The lowest BCUT2D eigenvalue weighted by molar-refractivity contribution is -0.371. The molecule has 65 heavy (non-hydrogen) atoms. The van der Waals surface area contributed by atoms with Crippen LogP contribution in [0.1, 0.15) is 33.4 Å². The number of rotatable bonds is 22. The highest BCUT2D eigenvalue weighted by Crippen LogP contribution is 2.35. The molecule has 0 saturated carbocycles. The molecular formula is C54H58O11. The summed E-state index contributed by atoms with van der Waals surface area (Å²) in [6, 6.07) is 58.6. The predicted octanol–water partition coefficient (Wildman–Crippen LogP) is 7.95. The topological polar surface area (TPSA) is 124 Å². The van der Waals surface area contributed by atoms with E-state index in [1.165, 1.54) is 0 Å². The Bertz CT molecular complexity index is 2200. The second kappa shape index (κ2) is 24.4. The summed E-state index contributed by atoms with van der Waals surface area (Å²) in [7, 11) is 0. The van der Waals surface area contributed by atoms with Crippen molar-refractivity contribution >= 4 is 0 Å². The van der Waals surface area contributed by atoms with Gasteiger partial charge in [-0.05, 0) is 33.4 Å². The molecule has 2 aliphatic heterocycles. The van der Waals surface area contributed by atoms with E-state index < -0.39 is 61.4 Å². The molecule has 0 unspecified atom stereocenters. The Labute approximate surface area is 381 Å². The number of aliphatic hydroxyl groups excluding tert-OH is 2. The van der Waals surface area contributed by atoms with Crippen molar-refractivity contribution in [2.24, 2.45) is 0 Å². The van der Waals surface area contributed by atoms with E-state index in [2.05, 4.69) is 0 Å². The fourth-order valence-electron chi connectivity index (χ4n) is 8.04. The van der Waals surface area contributed by atoms with E-state index in [1.54, 1.807) is 0 Å². The fraction of sp³-hybridized carbons (Fsp3) is 0.333. The predicted molar refractivity (Wildman–Crippen MR) is 243 cm³/mol. The van der Waals surface area contributed by atoms with Crippen LogP contribution in [-0.4, -0.2) is 84.8 Å². The Hall–Kier alpha value is -5.12. The summed E-state index contributed by atoms with van der Waals surface area (Å²) < 4.78 is 59.4. The number of hydrogen-bond donors (Lipinski definition) is 2. The molecule has 0 aromatic heterocycles. The summed E-state index contributed by atoms with van der Waals surface area (Å²) >= 11 is 0. The molecule has 2 aliphatic rings. The first-order chi connectivity index (χ1) is 32.1. The van der Waals surface area contributed by atoms with Crippen LogP contribution in [0, 0.1) is 0 Å². The summed E-state index contributed by atoms with van der Waals surface area (Å²) in [5, 5.41) is 24.3. The molecule has 340 valence electrons. The molecule has 0 radical (unpaired) electrons. The second-order valence-electron chi connectivity index (χ2n) is 16.2. The van der Waals surface area contributed by atoms with Crippen molar-refractivity contribution in [3.05, 3.63) is 215 Å². The lowest BCUT2D eigenvalue weighted by Gasteiger charge is -2.49. The van der Waals surface area contributed by atoms with Crippen molar-refractivity contribution in [3.63, 3.8) is 0 Å². The zero-order valence-electron chi connectivity index (χ0n) is 36.3. The molecule has 0 amide bonds. The highest BCUT2D eigenvalue weighted by atomic mass is 16.7. The summed E-state index contributed by atoms with van der Waals surface area (Å²) in [6.07, 6.45) is -10.4. The third kappa shape index (κ3) is 13.5. The largest absolute Gasteiger partial charge is 0.387 e. The number of ether oxygens (including phenoxy) is 9. The van der Waals surface area contributed by atoms with Gasteiger partial charge in [0.15, 0.2) is 12.6 Å². The first-order valence-electron chi connectivity index (χ1n) is 22.3. The van der Waals surface area contributed by atoms with Gasteiger partial charge in [-0.25, -0.2) is 0 Å². The van der Waals surface area contributed by atoms with Crippen LogP contribution in [-0.2, 0) is 82.3 Å². The smallest absolute Gasteiger partial charge is 0.187 e. The molecule has 0 aliphatic carbocycles. The van der Waals surface area contributed by atoms with Gasteiger partial charge in [0.2, 0.25) is 0 Å². The standard InChI is InChI=1S/C54H58O11/c55-47-48(59-33-41-23-11-3-12-24-41)45(37-57-31-39-19-7-1-8-20-39)64-54(50(47)60-34-42-25-13-4-14-26-42)65-49-46(38-58-32-40-21-9-2-10-22-40)63-53(56)52(62-36-44-29-17-6-18-30-44)51(49)61-35-43-27-15-5-16-28-43/h1-30,45-56H,31-38H2/t45-,46-,47-,48-,49+,50-,51-,52-,53+,54-/m0/s1. The number of benzene rings is 6. The van der Waals surface area contributed by atoms with E-state index in [0.29, 0.717) is 6.61 Å². The molecule has 2 heterocycles. The van der Waals surface area contributed by atoms with Crippen molar-refractivity contribution in [1.82, 2.24) is 0 Å². The monoisotopic (exact) mass is 882 g/mol. The Morgan fingerprint density at radius 2 is 0.662 bits per heavy atom. The maximum absolute atomic E-state index is 12.5. The molecule has 2 N–H and O–H groups in total. The van der Waals surface area contributed by atoms with Crippen LogP contribution in [0.25, 0.3) is 0 Å². The zero-order valence-corrected chi connectivity index (χ0v) is 36.3. The third-order valence-electron chi connectivity index (χ3n) is 11.4. The highest BCUT2D eigenvalue weighted by Gasteiger charge is 2.53. The summed E-state index contributed by atoms with van der Waals surface area (Å²) in [5.74, 6) is 0. The van der Waals surface area contributed by atoms with Gasteiger partial charge in [-0.1, -0.05) is 182 Å². The second-order valence-corrected chi connectivity index (χ2v) is 16.2. The van der Waals surface area contributed by atoms with Crippen LogP contribution in [0.3, 0.4) is 0 Å². The van der Waals surface area contributed by atoms with E-state index in [9.17, 15) is 10.2 Å². The normalized spacial score (nSPS) is 25.6. The molecule has 10 atom stereocenters. The molecule has 6 aromatic rings. The van der Waals surface area contributed by atoms with Crippen molar-refractivity contribution < 1.29 is 52.8 Å². The lowest BCUT2D eigenvalue weighted by atomic mass is 9.96. The summed E-state index contributed by atoms with van der Waals surface area (Å²) in [5.41, 5.74) is 5.59. The van der Waals surface area contributed by atoms with Crippen LogP contribution in [0.4, 0.5) is 0 Å². The van der Waals surface area contributed by atoms with Gasteiger partial charge in [-0.15, -0.1) is 0 Å². The minimum Gasteiger partial charge on any atom is -0.387 e. The van der Waals surface area contributed by atoms with Gasteiger partial charge in [0, 0.05) is 0 Å². The van der Waals surface area contributed by atoms with Crippen LogP contribution < -0.4 is 0 Å². The lowest BCUT2D eigenvalue weighted by Crippen LogP contribution is -2.66. The Morgan fingerprint density at radius 3 is 1.06 bits per heavy atom. The Balaban J connectivity index is 1.12. The van der Waals surface area contributed by atoms with Crippen molar-refractivity contribution in [1.29, 1.82) is 0 Å². The van der Waals surface area contributed by atoms with E-state index in [1.807, 2.05) is 182 Å². The maximum atomic E-state index is 12.5. The zero-order chi connectivity index (χ0) is 44.5. The molecule has 0 spiro atoms. The highest BCUT2D eigenvalue weighted by molar-refractivity contribution is 5.18. The Morgan fingerprint density at radius 1 is 0.338 bits per heavy atom. The van der Waals surface area contributed by atoms with Crippen molar-refractivity contribution in [3.8, 4) is 0 Å². The molecule has 6 aromatic carbocycles. The van der Waals surface area contributed by atoms with E-state index >= 15 is 0 Å². The van der Waals surface area contributed by atoms with Crippen LogP contribution >= 0.6 is 0 Å². The fourth-order valence-corrected chi connectivity index (χ4v) is 8.04. The average molecular weight is 883 g/mol. The van der Waals surface area contributed by atoms with Crippen molar-refractivity contribution in [2.75, 3.05) is 13.2 Å². The molecule has 0 bridgehead atoms. The van der Waals surface area contributed by atoms with E-state index in [4.69, 9.17) is 42.6 Å². The first kappa shape index (κ1) is 46.4. The van der Waals surface area contributed by atoms with Gasteiger partial charge in [-0.2, -0.15) is 0 Å². The quantitative estimate of drug-likeness (QED) is 0.0691. The minimum absolute atomic E-state index is 0.0183. The van der Waals surface area contributed by atoms with Gasteiger partial charge in [0.25, 0.3) is 0 Å². The first-order valence-corrected chi connectivity index (χ1v) is 22.3. The Kier molecular flexibility index (Phi) is 17.4. The van der Waals surface area contributed by atoms with Gasteiger partial charge in [-0.3, -0.25) is 0 Å². The summed E-state index contributed by atoms with van der Waals surface area (Å²) in [6.45, 7) is 1.38. The van der Waals surface area contributed by atoms with Crippen LogP contribution in [0.15, 0.2) is 182 Å². The van der Waals surface area contributed by atoms with Crippen LogP contribution in [0.2, 0.25) is 0 Å². The van der Waals surface area contributed by atoms with Gasteiger partial charge < -0.3 is 52.8 Å². The number of hydrogen-bond acceptors (Lipinski definition) is 11. The molecule has 11 heteroatoms. The van der Waals surface area contributed by atoms with Gasteiger partial charge >= 0.3 is 0 Å². The molecule has 11 nitrogen and oxygen atoms in total. The van der Waals surface area contributed by atoms with Crippen molar-refractivity contribution in [2.45, 2.75) is 101 Å². The average Bonchev–Trinajstić information content (AvgIpc) is 3.35. The molecule has 2 saturated heterocycles. The number of aliphatic hydroxyl groups is 2. The molecule has 8 rings (SSSR count).